The molecule has 2 rings (SSSR count). The largest absolute Gasteiger partial charge is 0.354 e. The minimum Gasteiger partial charge on any atom is -0.354 e. The van der Waals surface area contributed by atoms with E-state index in [1.54, 1.807) is 0 Å². The molecule has 1 N–H and O–H groups in total. The Bertz CT molecular complexity index is 572. The van der Waals surface area contributed by atoms with Crippen molar-refractivity contribution in [2.45, 2.75) is 25.4 Å². The number of amides is 1. The molecule has 0 saturated carbocycles. The molecule has 1 aromatic rings. The molecule has 1 atom stereocenters. The third kappa shape index (κ3) is 5.13. The number of nitrogens with one attached hydrogen (secondary N) is 1. The van der Waals surface area contributed by atoms with Crippen LogP contribution in [0.3, 0.4) is 0 Å². The molecule has 6 heteroatoms. The number of sulfone groups is 1. The second kappa shape index (κ2) is 7.04. The van der Waals surface area contributed by atoms with Crippen LogP contribution in [0.5, 0.6) is 0 Å². The maximum Gasteiger partial charge on any atom is 0.237 e. The van der Waals surface area contributed by atoms with Crippen LogP contribution in [0, 0.1) is 0 Å². The molecule has 0 aromatic heterocycles. The second-order valence-corrected chi connectivity index (χ2v) is 7.79. The summed E-state index contributed by atoms with van der Waals surface area (Å²) >= 11 is 0. The Labute approximate surface area is 126 Å². The highest BCUT2D eigenvalue weighted by molar-refractivity contribution is 7.90. The summed E-state index contributed by atoms with van der Waals surface area (Å²) in [5.41, 5.74) is 1.19. The molecule has 1 aromatic carbocycles. The number of carbonyl (C=O) groups excluding carboxylic acids is 1. The number of nitrogens with zero attached hydrogens (tertiary/aromatic N) is 1. The molecular weight excluding hydrogens is 288 g/mol. The summed E-state index contributed by atoms with van der Waals surface area (Å²) in [6.45, 7) is 1.84. The van der Waals surface area contributed by atoms with Gasteiger partial charge in [-0.05, 0) is 24.9 Å². The second-order valence-electron chi connectivity index (χ2n) is 5.54. The maximum atomic E-state index is 12.2. The van der Waals surface area contributed by atoms with Gasteiger partial charge in [-0.3, -0.25) is 9.69 Å². The van der Waals surface area contributed by atoms with Gasteiger partial charge in [0.15, 0.2) is 0 Å². The fourth-order valence-corrected chi connectivity index (χ4v) is 3.08. The molecule has 5 nitrogen and oxygen atoms in total. The van der Waals surface area contributed by atoms with E-state index in [-0.39, 0.29) is 24.2 Å². The van der Waals surface area contributed by atoms with E-state index in [1.165, 1.54) is 11.8 Å². The Kier molecular flexibility index (Phi) is 5.36. The molecular formula is C15H22N2O3S. The van der Waals surface area contributed by atoms with Gasteiger partial charge in [0, 0.05) is 19.3 Å². The van der Waals surface area contributed by atoms with Crippen molar-refractivity contribution in [3.8, 4) is 0 Å². The highest BCUT2D eigenvalue weighted by atomic mass is 32.2. The summed E-state index contributed by atoms with van der Waals surface area (Å²) in [6, 6.07) is 9.92. The molecule has 0 bridgehead atoms. The Morgan fingerprint density at radius 3 is 2.71 bits per heavy atom. The summed E-state index contributed by atoms with van der Waals surface area (Å²) in [5.74, 6) is -0.0727. The van der Waals surface area contributed by atoms with Crippen LogP contribution in [-0.2, 0) is 21.2 Å². The first-order valence-corrected chi connectivity index (χ1v) is 9.25. The van der Waals surface area contributed by atoms with Crippen LogP contribution in [-0.4, -0.2) is 50.4 Å². The molecule has 1 saturated heterocycles. The smallest absolute Gasteiger partial charge is 0.237 e. The highest BCUT2D eigenvalue weighted by Gasteiger charge is 2.30. The maximum absolute atomic E-state index is 12.2. The SMILES string of the molecule is CS(=O)(=O)CCNC(=O)C1CCCN1Cc1ccccc1. The van der Waals surface area contributed by atoms with Crippen molar-refractivity contribution >= 4 is 15.7 Å². The third-order valence-electron chi connectivity index (χ3n) is 3.67. The Balaban J connectivity index is 1.87. The molecule has 116 valence electrons. The molecule has 1 aliphatic heterocycles. The van der Waals surface area contributed by atoms with Gasteiger partial charge in [0.2, 0.25) is 5.91 Å². The van der Waals surface area contributed by atoms with E-state index in [0.717, 1.165) is 25.9 Å². The molecule has 1 heterocycles. The lowest BCUT2D eigenvalue weighted by atomic mass is 10.1. The molecule has 0 aliphatic carbocycles. The van der Waals surface area contributed by atoms with Crippen LogP contribution < -0.4 is 5.32 Å². The highest BCUT2D eigenvalue weighted by Crippen LogP contribution is 2.20. The van der Waals surface area contributed by atoms with Gasteiger partial charge < -0.3 is 5.32 Å². The number of likely N-dealkylation sites (tertiary alicyclic amines) is 1. The number of carbonyl (C=O) groups is 1. The Morgan fingerprint density at radius 2 is 2.05 bits per heavy atom. The lowest BCUT2D eigenvalue weighted by Crippen LogP contribution is -2.44. The van der Waals surface area contributed by atoms with Gasteiger partial charge in [0.05, 0.1) is 11.8 Å². The first-order chi connectivity index (χ1) is 9.96. The van der Waals surface area contributed by atoms with E-state index < -0.39 is 9.84 Å². The van der Waals surface area contributed by atoms with Crippen LogP contribution >= 0.6 is 0 Å². The van der Waals surface area contributed by atoms with Crippen LogP contribution in [0.2, 0.25) is 0 Å². The standard InChI is InChI=1S/C15H22N2O3S/c1-21(19,20)11-9-16-15(18)14-8-5-10-17(14)12-13-6-3-2-4-7-13/h2-4,6-7,14H,5,8-12H2,1H3,(H,16,18). The zero-order valence-electron chi connectivity index (χ0n) is 12.3. The zero-order valence-corrected chi connectivity index (χ0v) is 13.1. The van der Waals surface area contributed by atoms with E-state index >= 15 is 0 Å². The Hall–Kier alpha value is -1.40. The van der Waals surface area contributed by atoms with Crippen molar-refractivity contribution in [3.05, 3.63) is 35.9 Å². The van der Waals surface area contributed by atoms with Gasteiger partial charge in [-0.2, -0.15) is 0 Å². The van der Waals surface area contributed by atoms with Crippen molar-refractivity contribution in [3.63, 3.8) is 0 Å². The van der Waals surface area contributed by atoms with Gasteiger partial charge >= 0.3 is 0 Å². The fourth-order valence-electron chi connectivity index (χ4n) is 2.61. The summed E-state index contributed by atoms with van der Waals surface area (Å²) in [5, 5.41) is 2.74. The average molecular weight is 310 g/mol. The van der Waals surface area contributed by atoms with E-state index in [4.69, 9.17) is 0 Å². The molecule has 0 radical (unpaired) electrons. The van der Waals surface area contributed by atoms with Gasteiger partial charge in [-0.25, -0.2) is 8.42 Å². The van der Waals surface area contributed by atoms with Crippen molar-refractivity contribution in [2.24, 2.45) is 0 Å². The van der Waals surface area contributed by atoms with Crippen molar-refractivity contribution < 1.29 is 13.2 Å². The third-order valence-corrected chi connectivity index (χ3v) is 4.61. The molecule has 0 spiro atoms. The Morgan fingerprint density at radius 1 is 1.33 bits per heavy atom. The molecule has 1 fully saturated rings. The van der Waals surface area contributed by atoms with E-state index in [2.05, 4.69) is 22.3 Å². The average Bonchev–Trinajstić information content (AvgIpc) is 2.86. The predicted molar refractivity (Wildman–Crippen MR) is 82.6 cm³/mol. The normalized spacial score (nSPS) is 19.6. The lowest BCUT2D eigenvalue weighted by molar-refractivity contribution is -0.125. The monoisotopic (exact) mass is 310 g/mol. The lowest BCUT2D eigenvalue weighted by Gasteiger charge is -2.23. The summed E-state index contributed by atoms with van der Waals surface area (Å²) < 4.78 is 22.2. The number of hydrogen-bond acceptors (Lipinski definition) is 4. The van der Waals surface area contributed by atoms with E-state index in [9.17, 15) is 13.2 Å². The van der Waals surface area contributed by atoms with Gasteiger partial charge in [0.25, 0.3) is 0 Å². The summed E-state index contributed by atoms with van der Waals surface area (Å²) in [4.78, 5) is 14.3. The predicted octanol–water partition coefficient (Wildman–Crippen LogP) is 0.812. The minimum atomic E-state index is -3.03. The summed E-state index contributed by atoms with van der Waals surface area (Å²) in [7, 11) is -3.03. The first kappa shape index (κ1) is 16.0. The van der Waals surface area contributed by atoms with Crippen molar-refractivity contribution in [2.75, 3.05) is 25.1 Å². The molecule has 1 unspecified atom stereocenters. The van der Waals surface area contributed by atoms with Gasteiger partial charge in [-0.1, -0.05) is 30.3 Å². The minimum absolute atomic E-state index is 0.00978. The summed E-state index contributed by atoms with van der Waals surface area (Å²) in [6.07, 6.45) is 3.00. The fraction of sp³-hybridized carbons (Fsp3) is 0.533. The van der Waals surface area contributed by atoms with Crippen LogP contribution in [0.4, 0.5) is 0 Å². The van der Waals surface area contributed by atoms with Gasteiger partial charge in [0.1, 0.15) is 9.84 Å². The van der Waals surface area contributed by atoms with Crippen LogP contribution in [0.15, 0.2) is 30.3 Å². The molecule has 1 amide bonds. The van der Waals surface area contributed by atoms with Crippen LogP contribution in [0.25, 0.3) is 0 Å². The van der Waals surface area contributed by atoms with Crippen molar-refractivity contribution in [1.82, 2.24) is 10.2 Å². The first-order valence-electron chi connectivity index (χ1n) is 7.19. The number of benzene rings is 1. The zero-order chi connectivity index (χ0) is 15.3. The number of hydrogen-bond donors (Lipinski definition) is 1. The van der Waals surface area contributed by atoms with Crippen LogP contribution in [0.1, 0.15) is 18.4 Å². The van der Waals surface area contributed by atoms with Crippen molar-refractivity contribution in [1.29, 1.82) is 0 Å². The quantitative estimate of drug-likeness (QED) is 0.844. The molecule has 1 aliphatic rings. The van der Waals surface area contributed by atoms with E-state index in [1.807, 2.05) is 18.2 Å². The van der Waals surface area contributed by atoms with Gasteiger partial charge in [-0.15, -0.1) is 0 Å². The van der Waals surface area contributed by atoms with E-state index in [0.29, 0.717) is 0 Å². The molecule has 21 heavy (non-hydrogen) atoms. The number of rotatable bonds is 6. The topological polar surface area (TPSA) is 66.5 Å².